The van der Waals surface area contributed by atoms with Crippen LogP contribution in [0.3, 0.4) is 0 Å². The summed E-state index contributed by atoms with van der Waals surface area (Å²) in [7, 11) is 1.74. The van der Waals surface area contributed by atoms with Crippen LogP contribution in [0.4, 0.5) is 0 Å². The fourth-order valence-electron chi connectivity index (χ4n) is 2.69. The van der Waals surface area contributed by atoms with Gasteiger partial charge in [0.25, 0.3) is 11.5 Å². The van der Waals surface area contributed by atoms with Gasteiger partial charge in [-0.2, -0.15) is 0 Å². The number of amides is 1. The second-order valence-corrected chi connectivity index (χ2v) is 6.00. The highest BCUT2D eigenvalue weighted by Crippen LogP contribution is 2.14. The van der Waals surface area contributed by atoms with E-state index in [1.54, 1.807) is 36.4 Å². The van der Waals surface area contributed by atoms with Crippen LogP contribution in [0.25, 0.3) is 11.8 Å². The van der Waals surface area contributed by atoms with E-state index in [4.69, 9.17) is 0 Å². The first-order valence-corrected chi connectivity index (χ1v) is 8.39. The molecule has 0 N–H and O–H groups in total. The van der Waals surface area contributed by atoms with Gasteiger partial charge in [0.1, 0.15) is 5.70 Å². The van der Waals surface area contributed by atoms with Gasteiger partial charge in [-0.15, -0.1) is 0 Å². The van der Waals surface area contributed by atoms with Gasteiger partial charge in [-0.1, -0.05) is 66.7 Å². The van der Waals surface area contributed by atoms with Crippen LogP contribution in [0.2, 0.25) is 0 Å². The van der Waals surface area contributed by atoms with Crippen LogP contribution < -0.4 is 5.56 Å². The fourth-order valence-corrected chi connectivity index (χ4v) is 2.69. The monoisotopic (exact) mass is 344 g/mol. The molecule has 26 heavy (non-hydrogen) atoms. The van der Waals surface area contributed by atoms with Crippen LogP contribution in [0.5, 0.6) is 0 Å². The molecule has 4 heteroatoms. The molecule has 0 radical (unpaired) electrons. The maximum Gasteiger partial charge on any atom is 0.270 e. The highest BCUT2D eigenvalue weighted by Gasteiger charge is 2.18. The molecule has 0 bridgehead atoms. The van der Waals surface area contributed by atoms with Crippen molar-refractivity contribution >= 4 is 17.7 Å². The predicted octanol–water partition coefficient (Wildman–Crippen LogP) is 3.51. The van der Waals surface area contributed by atoms with Gasteiger partial charge in [-0.05, 0) is 23.3 Å². The van der Waals surface area contributed by atoms with Crippen molar-refractivity contribution in [1.82, 2.24) is 9.47 Å². The first-order valence-electron chi connectivity index (χ1n) is 8.39. The van der Waals surface area contributed by atoms with Gasteiger partial charge in [0, 0.05) is 25.9 Å². The molecule has 130 valence electrons. The zero-order valence-corrected chi connectivity index (χ0v) is 14.6. The Labute approximate surface area is 152 Å². The van der Waals surface area contributed by atoms with E-state index < -0.39 is 0 Å². The highest BCUT2D eigenvalue weighted by molar-refractivity contribution is 6.18. The van der Waals surface area contributed by atoms with Gasteiger partial charge < -0.3 is 4.90 Å². The summed E-state index contributed by atoms with van der Waals surface area (Å²) in [5, 5.41) is 0. The molecular weight excluding hydrogens is 324 g/mol. The Hall–Kier alpha value is -3.40. The molecule has 0 aliphatic rings. The second kappa shape index (κ2) is 8.12. The Balaban J connectivity index is 1.98. The summed E-state index contributed by atoms with van der Waals surface area (Å²) < 4.78 is 1.39. The Bertz CT molecular complexity index is 960. The van der Waals surface area contributed by atoms with Crippen molar-refractivity contribution in [2.75, 3.05) is 7.05 Å². The van der Waals surface area contributed by atoms with Gasteiger partial charge >= 0.3 is 0 Å². The van der Waals surface area contributed by atoms with Crippen molar-refractivity contribution in [3.63, 3.8) is 0 Å². The number of hydrogen-bond acceptors (Lipinski definition) is 2. The first kappa shape index (κ1) is 17.4. The summed E-state index contributed by atoms with van der Waals surface area (Å²) in [6.07, 6.45) is 3.36. The van der Waals surface area contributed by atoms with Crippen molar-refractivity contribution < 1.29 is 4.79 Å². The van der Waals surface area contributed by atoms with Crippen LogP contribution >= 0.6 is 0 Å². The molecule has 0 spiro atoms. The van der Waals surface area contributed by atoms with Crippen LogP contribution in [-0.2, 0) is 11.3 Å². The molecule has 0 atom stereocenters. The lowest BCUT2D eigenvalue weighted by molar-refractivity contribution is -0.124. The molecule has 0 saturated carbocycles. The largest absolute Gasteiger partial charge is 0.336 e. The lowest BCUT2D eigenvalue weighted by Crippen LogP contribution is -2.32. The van der Waals surface area contributed by atoms with E-state index >= 15 is 0 Å². The number of carbonyl (C=O) groups excluding carboxylic acids is 1. The van der Waals surface area contributed by atoms with Crippen molar-refractivity contribution in [2.45, 2.75) is 6.54 Å². The zero-order valence-electron chi connectivity index (χ0n) is 14.6. The van der Waals surface area contributed by atoms with Crippen LogP contribution in [0, 0.1) is 0 Å². The topological polar surface area (TPSA) is 42.3 Å². The molecule has 0 fully saturated rings. The smallest absolute Gasteiger partial charge is 0.270 e. The number of aromatic nitrogens is 1. The number of pyridine rings is 1. The minimum absolute atomic E-state index is 0.217. The summed E-state index contributed by atoms with van der Waals surface area (Å²) >= 11 is 0. The SMILES string of the molecule is CN(Cc1ccccc1)C(=O)/C(=C\c1ccccc1)n1ccccc1=O. The summed E-state index contributed by atoms with van der Waals surface area (Å²) in [5.41, 5.74) is 1.97. The lowest BCUT2D eigenvalue weighted by Gasteiger charge is -2.20. The molecule has 3 aromatic rings. The number of likely N-dealkylation sites (N-methyl/N-ethyl adjacent to an activating group) is 1. The number of hydrogen-bond donors (Lipinski definition) is 0. The Morgan fingerprint density at radius 3 is 2.19 bits per heavy atom. The van der Waals surface area contributed by atoms with Gasteiger partial charge in [-0.3, -0.25) is 14.2 Å². The summed E-state index contributed by atoms with van der Waals surface area (Å²) in [5.74, 6) is -0.217. The maximum absolute atomic E-state index is 13.1. The summed E-state index contributed by atoms with van der Waals surface area (Å²) in [4.78, 5) is 27.0. The van der Waals surface area contributed by atoms with E-state index in [-0.39, 0.29) is 11.5 Å². The molecule has 2 aromatic carbocycles. The van der Waals surface area contributed by atoms with Gasteiger partial charge in [0.2, 0.25) is 0 Å². The zero-order chi connectivity index (χ0) is 18.4. The van der Waals surface area contributed by atoms with E-state index in [0.29, 0.717) is 12.2 Å². The number of carbonyl (C=O) groups is 1. The summed E-state index contributed by atoms with van der Waals surface area (Å²) in [6.45, 7) is 0.466. The van der Waals surface area contributed by atoms with E-state index in [0.717, 1.165) is 11.1 Å². The van der Waals surface area contributed by atoms with Gasteiger partial charge in [-0.25, -0.2) is 0 Å². The van der Waals surface area contributed by atoms with E-state index in [2.05, 4.69) is 0 Å². The molecule has 1 heterocycles. The lowest BCUT2D eigenvalue weighted by atomic mass is 10.1. The highest BCUT2D eigenvalue weighted by atomic mass is 16.2. The second-order valence-electron chi connectivity index (χ2n) is 6.00. The molecule has 0 saturated heterocycles. The molecule has 0 aliphatic carbocycles. The van der Waals surface area contributed by atoms with Crippen molar-refractivity contribution in [2.24, 2.45) is 0 Å². The average molecular weight is 344 g/mol. The normalized spacial score (nSPS) is 11.2. The summed E-state index contributed by atoms with van der Waals surface area (Å²) in [6, 6.07) is 24.1. The maximum atomic E-state index is 13.1. The minimum atomic E-state index is -0.240. The minimum Gasteiger partial charge on any atom is -0.336 e. The molecule has 1 aromatic heterocycles. The number of nitrogens with zero attached hydrogens (tertiary/aromatic N) is 2. The first-order chi connectivity index (χ1) is 12.6. The Morgan fingerprint density at radius 2 is 1.54 bits per heavy atom. The van der Waals surface area contributed by atoms with Crippen molar-refractivity contribution in [1.29, 1.82) is 0 Å². The quantitative estimate of drug-likeness (QED) is 0.665. The number of benzene rings is 2. The molecule has 4 nitrogen and oxygen atoms in total. The molecule has 0 aliphatic heterocycles. The average Bonchev–Trinajstić information content (AvgIpc) is 2.68. The third-order valence-electron chi connectivity index (χ3n) is 4.01. The van der Waals surface area contributed by atoms with E-state index in [9.17, 15) is 9.59 Å². The predicted molar refractivity (Wildman–Crippen MR) is 104 cm³/mol. The molecule has 0 unspecified atom stereocenters. The van der Waals surface area contributed by atoms with Gasteiger partial charge in [0.15, 0.2) is 0 Å². The van der Waals surface area contributed by atoms with Crippen LogP contribution in [0.15, 0.2) is 89.9 Å². The van der Waals surface area contributed by atoms with Gasteiger partial charge in [0.05, 0.1) is 0 Å². The van der Waals surface area contributed by atoms with E-state index in [1.807, 2.05) is 60.7 Å². The number of rotatable bonds is 5. The third kappa shape index (κ3) is 4.16. The fraction of sp³-hybridized carbons (Fsp3) is 0.0909. The van der Waals surface area contributed by atoms with E-state index in [1.165, 1.54) is 10.6 Å². The molecular formula is C22H20N2O2. The van der Waals surface area contributed by atoms with Crippen molar-refractivity contribution in [3.8, 4) is 0 Å². The van der Waals surface area contributed by atoms with Crippen molar-refractivity contribution in [3.05, 3.63) is 107 Å². The standard InChI is InChI=1S/C22H20N2O2/c1-23(17-19-12-6-3-7-13-19)22(26)20(16-18-10-4-2-5-11-18)24-15-9-8-14-21(24)25/h2-16H,17H2,1H3/b20-16+. The third-order valence-corrected chi connectivity index (χ3v) is 4.01. The molecule has 3 rings (SSSR count). The Morgan fingerprint density at radius 1 is 0.923 bits per heavy atom. The molecule has 1 amide bonds. The van der Waals surface area contributed by atoms with Crippen LogP contribution in [-0.4, -0.2) is 22.4 Å². The Kier molecular flexibility index (Phi) is 5.44. The van der Waals surface area contributed by atoms with Crippen LogP contribution in [0.1, 0.15) is 11.1 Å².